The smallest absolute Gasteiger partial charge is 0.253 e. The van der Waals surface area contributed by atoms with Crippen LogP contribution in [0.4, 0.5) is 11.4 Å². The van der Waals surface area contributed by atoms with Crippen molar-refractivity contribution in [2.24, 2.45) is 0 Å². The Morgan fingerprint density at radius 3 is 2.41 bits per heavy atom. The summed E-state index contributed by atoms with van der Waals surface area (Å²) in [5, 5.41) is 2.83. The molecule has 0 radical (unpaired) electrons. The van der Waals surface area contributed by atoms with Gasteiger partial charge in [-0.1, -0.05) is 48.5 Å². The third kappa shape index (κ3) is 5.15. The van der Waals surface area contributed by atoms with Crippen molar-refractivity contribution in [3.05, 3.63) is 90.3 Å². The second kappa shape index (κ2) is 9.50. The molecule has 2 aromatic carbocycles. The fourth-order valence-electron chi connectivity index (χ4n) is 2.77. The molecule has 1 heterocycles. The van der Waals surface area contributed by atoms with Crippen molar-refractivity contribution in [1.82, 2.24) is 10.3 Å². The van der Waals surface area contributed by atoms with Crippen LogP contribution in [0.5, 0.6) is 0 Å². The number of hydrogen-bond acceptors (Lipinski definition) is 4. The molecule has 1 aromatic heterocycles. The van der Waals surface area contributed by atoms with Gasteiger partial charge in [0.05, 0.1) is 24.1 Å². The van der Waals surface area contributed by atoms with Crippen LogP contribution in [0, 0.1) is 0 Å². The molecule has 0 aliphatic carbocycles. The Hall–Kier alpha value is -3.18. The summed E-state index contributed by atoms with van der Waals surface area (Å²) >= 11 is 0. The molecule has 0 aliphatic heterocycles. The van der Waals surface area contributed by atoms with Crippen molar-refractivity contribution < 1.29 is 9.53 Å². The van der Waals surface area contributed by atoms with E-state index < -0.39 is 0 Å². The molecule has 5 nitrogen and oxygen atoms in total. The number of rotatable bonds is 8. The first-order chi connectivity index (χ1) is 13.3. The van der Waals surface area contributed by atoms with E-state index in [4.69, 9.17) is 4.74 Å². The van der Waals surface area contributed by atoms with E-state index in [9.17, 15) is 4.79 Å². The van der Waals surface area contributed by atoms with Crippen LogP contribution in [-0.4, -0.2) is 31.2 Å². The van der Waals surface area contributed by atoms with Crippen LogP contribution in [0.3, 0.4) is 0 Å². The van der Waals surface area contributed by atoms with E-state index >= 15 is 0 Å². The predicted octanol–water partition coefficient (Wildman–Crippen LogP) is 3.80. The zero-order chi connectivity index (χ0) is 18.9. The summed E-state index contributed by atoms with van der Waals surface area (Å²) in [5.74, 6) is -0.158. The lowest BCUT2D eigenvalue weighted by molar-refractivity contribution is 0.0937. The lowest BCUT2D eigenvalue weighted by Gasteiger charge is -2.25. The van der Waals surface area contributed by atoms with Gasteiger partial charge in [-0.25, -0.2) is 0 Å². The van der Waals surface area contributed by atoms with Crippen LogP contribution in [-0.2, 0) is 11.3 Å². The highest BCUT2D eigenvalue weighted by Gasteiger charge is 2.13. The van der Waals surface area contributed by atoms with E-state index in [-0.39, 0.29) is 5.91 Å². The molecule has 3 aromatic rings. The van der Waals surface area contributed by atoms with E-state index in [1.54, 1.807) is 19.5 Å². The summed E-state index contributed by atoms with van der Waals surface area (Å²) < 4.78 is 4.98. The molecule has 0 fully saturated rings. The Morgan fingerprint density at radius 2 is 1.70 bits per heavy atom. The van der Waals surface area contributed by atoms with Gasteiger partial charge in [0.2, 0.25) is 0 Å². The molecule has 0 saturated heterocycles. The summed E-state index contributed by atoms with van der Waals surface area (Å²) in [6.45, 7) is 1.62. The Labute approximate surface area is 159 Å². The van der Waals surface area contributed by atoms with Crippen LogP contribution in [0.1, 0.15) is 15.9 Å². The van der Waals surface area contributed by atoms with Crippen LogP contribution in [0.2, 0.25) is 0 Å². The molecular weight excluding hydrogens is 338 g/mol. The lowest BCUT2D eigenvalue weighted by atomic mass is 10.1. The number of anilines is 2. The van der Waals surface area contributed by atoms with Crippen molar-refractivity contribution in [3.63, 3.8) is 0 Å². The number of methoxy groups -OCH3 is 1. The molecule has 27 heavy (non-hydrogen) atoms. The fourth-order valence-corrected chi connectivity index (χ4v) is 2.77. The molecule has 0 saturated carbocycles. The molecule has 0 bridgehead atoms. The Morgan fingerprint density at radius 1 is 1.00 bits per heavy atom. The third-order valence-corrected chi connectivity index (χ3v) is 4.14. The topological polar surface area (TPSA) is 54.5 Å². The number of para-hydroxylation sites is 1. The SMILES string of the molecule is COCCNC(=O)c1cncc(N(Cc2ccccc2)c2ccccc2)c1. The van der Waals surface area contributed by atoms with E-state index in [0.717, 1.165) is 11.4 Å². The minimum Gasteiger partial charge on any atom is -0.383 e. The number of nitrogens with zero attached hydrogens (tertiary/aromatic N) is 2. The number of benzene rings is 2. The molecule has 5 heteroatoms. The van der Waals surface area contributed by atoms with E-state index in [0.29, 0.717) is 25.3 Å². The van der Waals surface area contributed by atoms with Gasteiger partial charge in [-0.2, -0.15) is 0 Å². The number of hydrogen-bond donors (Lipinski definition) is 1. The molecule has 0 unspecified atom stereocenters. The number of amides is 1. The Balaban J connectivity index is 1.88. The van der Waals surface area contributed by atoms with Gasteiger partial charge >= 0.3 is 0 Å². The van der Waals surface area contributed by atoms with Crippen molar-refractivity contribution in [3.8, 4) is 0 Å². The molecule has 1 amide bonds. The largest absolute Gasteiger partial charge is 0.383 e. The van der Waals surface area contributed by atoms with Gasteiger partial charge in [0.1, 0.15) is 0 Å². The average Bonchev–Trinajstić information content (AvgIpc) is 2.73. The fraction of sp³-hybridized carbons (Fsp3) is 0.182. The standard InChI is InChI=1S/C22H23N3O2/c1-27-13-12-24-22(26)19-14-21(16-23-15-19)25(20-10-6-3-7-11-20)17-18-8-4-2-5-9-18/h2-11,14-16H,12-13,17H2,1H3,(H,24,26). The van der Waals surface area contributed by atoms with E-state index in [1.807, 2.05) is 54.6 Å². The lowest BCUT2D eigenvalue weighted by Crippen LogP contribution is -2.27. The Bertz CT molecular complexity index is 854. The maximum absolute atomic E-state index is 12.4. The normalized spacial score (nSPS) is 10.4. The third-order valence-electron chi connectivity index (χ3n) is 4.14. The van der Waals surface area contributed by atoms with Crippen molar-refractivity contribution in [2.45, 2.75) is 6.54 Å². The quantitative estimate of drug-likeness (QED) is 0.620. The number of aromatic nitrogens is 1. The number of carbonyl (C=O) groups is 1. The average molecular weight is 361 g/mol. The molecule has 0 atom stereocenters. The van der Waals surface area contributed by atoms with Gasteiger partial charge in [0.25, 0.3) is 5.91 Å². The number of carbonyl (C=O) groups excluding carboxylic acids is 1. The first-order valence-corrected chi connectivity index (χ1v) is 8.86. The highest BCUT2D eigenvalue weighted by Crippen LogP contribution is 2.27. The van der Waals surface area contributed by atoms with Gasteiger partial charge < -0.3 is 15.0 Å². The highest BCUT2D eigenvalue weighted by atomic mass is 16.5. The minimum atomic E-state index is -0.158. The second-order valence-electron chi connectivity index (χ2n) is 6.09. The van der Waals surface area contributed by atoms with E-state index in [1.165, 1.54) is 5.56 Å². The van der Waals surface area contributed by atoms with Crippen LogP contribution >= 0.6 is 0 Å². The molecule has 0 spiro atoms. The Kier molecular flexibility index (Phi) is 6.55. The summed E-state index contributed by atoms with van der Waals surface area (Å²) in [5.41, 5.74) is 3.61. The van der Waals surface area contributed by atoms with Crippen molar-refractivity contribution in [1.29, 1.82) is 0 Å². The number of ether oxygens (including phenoxy) is 1. The first-order valence-electron chi connectivity index (χ1n) is 8.86. The number of nitrogens with one attached hydrogen (secondary N) is 1. The predicted molar refractivity (Wildman–Crippen MR) is 107 cm³/mol. The maximum Gasteiger partial charge on any atom is 0.253 e. The first kappa shape index (κ1) is 18.6. The van der Waals surface area contributed by atoms with Gasteiger partial charge in [0, 0.05) is 32.1 Å². The molecule has 3 rings (SSSR count). The molecule has 138 valence electrons. The van der Waals surface area contributed by atoms with Gasteiger partial charge in [-0.05, 0) is 23.8 Å². The zero-order valence-corrected chi connectivity index (χ0v) is 15.3. The van der Waals surface area contributed by atoms with Crippen molar-refractivity contribution in [2.75, 3.05) is 25.2 Å². The summed E-state index contributed by atoms with van der Waals surface area (Å²) in [4.78, 5) is 18.8. The van der Waals surface area contributed by atoms with Crippen LogP contribution < -0.4 is 10.2 Å². The minimum absolute atomic E-state index is 0.158. The van der Waals surface area contributed by atoms with Gasteiger partial charge in [-0.3, -0.25) is 9.78 Å². The number of pyridine rings is 1. The maximum atomic E-state index is 12.4. The van der Waals surface area contributed by atoms with Crippen molar-refractivity contribution >= 4 is 17.3 Å². The molecule has 1 N–H and O–H groups in total. The van der Waals surface area contributed by atoms with Crippen LogP contribution in [0.25, 0.3) is 0 Å². The second-order valence-corrected chi connectivity index (χ2v) is 6.09. The van der Waals surface area contributed by atoms with Crippen LogP contribution in [0.15, 0.2) is 79.1 Å². The highest BCUT2D eigenvalue weighted by molar-refractivity contribution is 5.94. The van der Waals surface area contributed by atoms with E-state index in [2.05, 4.69) is 27.3 Å². The summed E-state index contributed by atoms with van der Waals surface area (Å²) in [6.07, 6.45) is 3.36. The monoisotopic (exact) mass is 361 g/mol. The van der Waals surface area contributed by atoms with Gasteiger partial charge in [0.15, 0.2) is 0 Å². The van der Waals surface area contributed by atoms with Gasteiger partial charge in [-0.15, -0.1) is 0 Å². The molecule has 0 aliphatic rings. The summed E-state index contributed by atoms with van der Waals surface area (Å²) in [6, 6.07) is 22.2. The summed E-state index contributed by atoms with van der Waals surface area (Å²) in [7, 11) is 1.61. The zero-order valence-electron chi connectivity index (χ0n) is 15.3. The molecular formula is C22H23N3O2.